The molecule has 0 spiro atoms. The van der Waals surface area contributed by atoms with Gasteiger partial charge in [-0.05, 0) is 18.9 Å². The van der Waals surface area contributed by atoms with Crippen LogP contribution in [0.5, 0.6) is 0 Å². The van der Waals surface area contributed by atoms with Crippen molar-refractivity contribution in [2.75, 3.05) is 39.8 Å². The fourth-order valence-corrected chi connectivity index (χ4v) is 5.29. The maximum Gasteiger partial charge on any atom is 0.257 e. The number of hydrogen-bond acceptors (Lipinski definition) is 7. The third kappa shape index (κ3) is 3.64. The molecule has 36 heavy (non-hydrogen) atoms. The van der Waals surface area contributed by atoms with E-state index < -0.39 is 0 Å². The Morgan fingerprint density at radius 2 is 1.97 bits per heavy atom. The van der Waals surface area contributed by atoms with E-state index >= 15 is 0 Å². The summed E-state index contributed by atoms with van der Waals surface area (Å²) in [5.41, 5.74) is 3.74. The van der Waals surface area contributed by atoms with Crippen molar-refractivity contribution in [3.05, 3.63) is 48.3 Å². The number of fused-ring (bicyclic) bond motifs is 2. The van der Waals surface area contributed by atoms with Crippen molar-refractivity contribution < 1.29 is 19.0 Å². The molecule has 4 heterocycles. The molecule has 3 aromatic heterocycles. The van der Waals surface area contributed by atoms with E-state index in [9.17, 15) is 4.79 Å². The average Bonchev–Trinajstić information content (AvgIpc) is 3.62. The zero-order chi connectivity index (χ0) is 24.8. The zero-order valence-electron chi connectivity index (χ0n) is 20.6. The van der Waals surface area contributed by atoms with Crippen molar-refractivity contribution in [3.63, 3.8) is 0 Å². The van der Waals surface area contributed by atoms with Gasteiger partial charge in [0.2, 0.25) is 0 Å². The lowest BCUT2D eigenvalue weighted by atomic mass is 9.89. The average molecular weight is 491 g/mol. The summed E-state index contributed by atoms with van der Waals surface area (Å²) in [6, 6.07) is 10.3. The van der Waals surface area contributed by atoms with Crippen molar-refractivity contribution >= 4 is 28.3 Å². The molecule has 10 heteroatoms. The molecule has 1 aliphatic heterocycles. The molecule has 1 amide bonds. The van der Waals surface area contributed by atoms with Gasteiger partial charge in [-0.3, -0.25) is 4.79 Å². The van der Waals surface area contributed by atoms with Gasteiger partial charge in [0.25, 0.3) is 5.91 Å². The summed E-state index contributed by atoms with van der Waals surface area (Å²) in [6.07, 6.45) is 5.56. The van der Waals surface area contributed by atoms with Gasteiger partial charge in [0.05, 0.1) is 43.3 Å². The Kier molecular flexibility index (Phi) is 5.87. The number of benzene rings is 1. The summed E-state index contributed by atoms with van der Waals surface area (Å²) >= 11 is 0. The summed E-state index contributed by atoms with van der Waals surface area (Å²) in [6.45, 7) is 1.15. The highest BCUT2D eigenvalue weighted by Crippen LogP contribution is 2.36. The normalized spacial score (nSPS) is 23.8. The first-order chi connectivity index (χ1) is 17.6. The second-order valence-corrected chi connectivity index (χ2v) is 9.35. The van der Waals surface area contributed by atoms with Crippen LogP contribution >= 0.6 is 0 Å². The van der Waals surface area contributed by atoms with Crippen LogP contribution in [0.3, 0.4) is 0 Å². The number of carbonyl (C=O) groups excluding carboxylic acids is 1. The van der Waals surface area contributed by atoms with Crippen molar-refractivity contribution in [1.82, 2.24) is 24.5 Å². The molecule has 1 aromatic carbocycles. The van der Waals surface area contributed by atoms with E-state index in [2.05, 4.69) is 38.6 Å². The molecule has 4 atom stereocenters. The van der Waals surface area contributed by atoms with E-state index in [1.54, 1.807) is 24.9 Å². The number of rotatable bonds is 7. The van der Waals surface area contributed by atoms with Crippen LogP contribution in [0.2, 0.25) is 0 Å². The minimum Gasteiger partial charge on any atom is -0.379 e. The number of nitrogens with zero attached hydrogens (tertiary/aromatic N) is 4. The van der Waals surface area contributed by atoms with Gasteiger partial charge in [-0.1, -0.05) is 18.2 Å². The third-order valence-electron chi connectivity index (χ3n) is 7.48. The molecular weight excluding hydrogens is 460 g/mol. The number of para-hydroxylation sites is 1. The van der Waals surface area contributed by atoms with E-state index in [0.717, 1.165) is 40.8 Å². The molecule has 10 nitrogen and oxygen atoms in total. The number of ether oxygens (including phenoxy) is 3. The molecule has 2 aliphatic rings. The molecule has 1 unspecified atom stereocenters. The molecule has 4 aromatic rings. The molecule has 2 N–H and O–H groups in total. The first-order valence-electron chi connectivity index (χ1n) is 12.2. The highest BCUT2D eigenvalue weighted by atomic mass is 16.5. The zero-order valence-corrected chi connectivity index (χ0v) is 20.6. The molecular formula is C26H30N6O4. The lowest BCUT2D eigenvalue weighted by Gasteiger charge is -2.35. The maximum atomic E-state index is 13.2. The maximum absolute atomic E-state index is 13.2. The van der Waals surface area contributed by atoms with Gasteiger partial charge in [0.15, 0.2) is 5.65 Å². The van der Waals surface area contributed by atoms with Gasteiger partial charge in [-0.25, -0.2) is 4.98 Å². The van der Waals surface area contributed by atoms with Gasteiger partial charge >= 0.3 is 0 Å². The summed E-state index contributed by atoms with van der Waals surface area (Å²) in [5.74, 6) is 0.542. The lowest BCUT2D eigenvalue weighted by Crippen LogP contribution is -2.51. The van der Waals surface area contributed by atoms with Gasteiger partial charge in [-0.2, -0.15) is 9.61 Å². The number of amides is 1. The van der Waals surface area contributed by atoms with Crippen molar-refractivity contribution in [3.8, 4) is 11.3 Å². The summed E-state index contributed by atoms with van der Waals surface area (Å²) in [7, 11) is 5.23. The standard InChI is InChI=1S/C26H30N6O4/c1-27-24-10-19(29-25-16(11-28-32(24)25)26(33)30-18-8-9-22(18)34-2)17-12-31(20-7-5-4-6-15(17)20)21-13-36-14-23(21)35-3/h4-7,10-12,18,21-23,27H,8-9,13-14H2,1-3H3,(H,30,33)/t18?,21-,22-,23-/m1/s1. The monoisotopic (exact) mass is 490 g/mol. The molecule has 0 radical (unpaired) electrons. The van der Waals surface area contributed by atoms with Crippen molar-refractivity contribution in [2.24, 2.45) is 0 Å². The highest BCUT2D eigenvalue weighted by Gasteiger charge is 2.34. The molecule has 6 rings (SSSR count). The third-order valence-corrected chi connectivity index (χ3v) is 7.48. The fraction of sp³-hybridized carbons (Fsp3) is 0.423. The van der Waals surface area contributed by atoms with E-state index in [0.29, 0.717) is 24.4 Å². The Morgan fingerprint density at radius 1 is 1.14 bits per heavy atom. The number of nitrogens with one attached hydrogen (secondary N) is 2. The van der Waals surface area contributed by atoms with Gasteiger partial charge in [0.1, 0.15) is 17.5 Å². The van der Waals surface area contributed by atoms with Crippen LogP contribution in [-0.2, 0) is 14.2 Å². The topological polar surface area (TPSA) is 104 Å². The Bertz CT molecular complexity index is 1430. The quantitative estimate of drug-likeness (QED) is 0.411. The van der Waals surface area contributed by atoms with E-state index in [-0.39, 0.29) is 30.2 Å². The number of hydrogen-bond donors (Lipinski definition) is 2. The fourth-order valence-electron chi connectivity index (χ4n) is 5.29. The smallest absolute Gasteiger partial charge is 0.257 e. The first kappa shape index (κ1) is 23.0. The number of anilines is 1. The minimum atomic E-state index is -0.197. The van der Waals surface area contributed by atoms with Crippen LogP contribution in [0, 0.1) is 0 Å². The largest absolute Gasteiger partial charge is 0.379 e. The molecule has 0 bridgehead atoms. The second-order valence-electron chi connectivity index (χ2n) is 9.35. The predicted octanol–water partition coefficient (Wildman–Crippen LogP) is 2.89. The van der Waals surface area contributed by atoms with Crippen LogP contribution in [0.4, 0.5) is 5.82 Å². The Balaban J connectivity index is 1.45. The van der Waals surface area contributed by atoms with Crippen molar-refractivity contribution in [2.45, 2.75) is 37.1 Å². The number of aromatic nitrogens is 4. The van der Waals surface area contributed by atoms with Crippen LogP contribution in [0.15, 0.2) is 42.7 Å². The lowest BCUT2D eigenvalue weighted by molar-refractivity contribution is 0.00732. The molecule has 1 saturated heterocycles. The summed E-state index contributed by atoms with van der Waals surface area (Å²) in [5, 5.41) is 11.8. The number of methoxy groups -OCH3 is 2. The van der Waals surface area contributed by atoms with Gasteiger partial charge in [-0.15, -0.1) is 0 Å². The van der Waals surface area contributed by atoms with E-state index in [1.807, 2.05) is 25.2 Å². The highest BCUT2D eigenvalue weighted by molar-refractivity contribution is 6.01. The molecule has 1 aliphatic carbocycles. The van der Waals surface area contributed by atoms with Gasteiger partial charge < -0.3 is 29.4 Å². The Hall–Kier alpha value is -3.47. The first-order valence-corrected chi connectivity index (χ1v) is 12.2. The SMILES string of the molecule is CNc1cc(-c2cn([C@@H]3COC[C@H]3OC)c3ccccc23)nc2c(C(=O)NC3CC[C@H]3OC)cnn12. The van der Waals surface area contributed by atoms with E-state index in [1.165, 1.54) is 0 Å². The molecule has 2 fully saturated rings. The van der Waals surface area contributed by atoms with Crippen molar-refractivity contribution in [1.29, 1.82) is 0 Å². The van der Waals surface area contributed by atoms with Crippen LogP contribution in [0.1, 0.15) is 29.2 Å². The number of carbonyl (C=O) groups is 1. The van der Waals surface area contributed by atoms with Crippen LogP contribution in [-0.4, -0.2) is 77.8 Å². The molecule has 188 valence electrons. The van der Waals surface area contributed by atoms with Gasteiger partial charge in [0, 0.05) is 50.0 Å². The predicted molar refractivity (Wildman–Crippen MR) is 135 cm³/mol. The Labute approximate surface area is 208 Å². The molecule has 1 saturated carbocycles. The summed E-state index contributed by atoms with van der Waals surface area (Å²) in [4.78, 5) is 18.1. The van der Waals surface area contributed by atoms with Crippen LogP contribution < -0.4 is 10.6 Å². The van der Waals surface area contributed by atoms with E-state index in [4.69, 9.17) is 19.2 Å². The van der Waals surface area contributed by atoms with Crippen LogP contribution in [0.25, 0.3) is 27.8 Å². The minimum absolute atomic E-state index is 0.00439. The Morgan fingerprint density at radius 3 is 2.72 bits per heavy atom. The summed E-state index contributed by atoms with van der Waals surface area (Å²) < 4.78 is 20.7. The second kappa shape index (κ2) is 9.20.